The van der Waals surface area contributed by atoms with Gasteiger partial charge in [0.15, 0.2) is 6.10 Å². The number of aromatic nitrogens is 2. The van der Waals surface area contributed by atoms with Crippen LogP contribution in [0.5, 0.6) is 0 Å². The van der Waals surface area contributed by atoms with Gasteiger partial charge in [-0.15, -0.1) is 0 Å². The van der Waals surface area contributed by atoms with Crippen molar-refractivity contribution >= 4 is 5.97 Å². The van der Waals surface area contributed by atoms with Crippen LogP contribution < -0.4 is 0 Å². The molecule has 2 rings (SSSR count). The van der Waals surface area contributed by atoms with Crippen LogP contribution in [0.25, 0.3) is 0 Å². The number of rotatable bonds is 3. The van der Waals surface area contributed by atoms with E-state index in [2.05, 4.69) is 10.2 Å². The summed E-state index contributed by atoms with van der Waals surface area (Å²) in [6.45, 7) is 1.85. The van der Waals surface area contributed by atoms with Crippen molar-refractivity contribution in [3.63, 3.8) is 0 Å². The molecule has 0 amide bonds. The third kappa shape index (κ3) is 1.21. The number of hydrogen-bond acceptors (Lipinski definition) is 3. The minimum Gasteiger partial charge on any atom is -0.479 e. The Labute approximate surface area is 80.8 Å². The van der Waals surface area contributed by atoms with E-state index in [1.807, 2.05) is 6.92 Å². The molecule has 0 aliphatic heterocycles. The summed E-state index contributed by atoms with van der Waals surface area (Å²) in [5, 5.41) is 25.0. The number of nitrogens with one attached hydrogen (secondary N) is 1. The van der Waals surface area contributed by atoms with Gasteiger partial charge in [-0.1, -0.05) is 0 Å². The molecule has 14 heavy (non-hydrogen) atoms. The van der Waals surface area contributed by atoms with E-state index in [1.165, 1.54) is 0 Å². The van der Waals surface area contributed by atoms with Gasteiger partial charge in [0.1, 0.15) is 0 Å². The van der Waals surface area contributed by atoms with E-state index in [0.29, 0.717) is 18.5 Å². The molecular formula is C9H12N2O3. The number of aryl methyl sites for hydroxylation is 1. The van der Waals surface area contributed by atoms with Crippen molar-refractivity contribution in [1.29, 1.82) is 0 Å². The predicted octanol–water partition coefficient (Wildman–Crippen LogP) is 0.195. The fourth-order valence-corrected chi connectivity index (χ4v) is 1.71. The number of nitrogens with zero attached hydrogens (tertiary/aromatic N) is 1. The zero-order chi connectivity index (χ0) is 10.3. The molecule has 1 aliphatic rings. The Morgan fingerprint density at radius 1 is 1.71 bits per heavy atom. The molecule has 1 unspecified atom stereocenters. The van der Waals surface area contributed by atoms with E-state index in [-0.39, 0.29) is 0 Å². The van der Waals surface area contributed by atoms with Crippen LogP contribution in [0.3, 0.4) is 0 Å². The largest absolute Gasteiger partial charge is 0.479 e. The van der Waals surface area contributed by atoms with Crippen LogP contribution in [0.4, 0.5) is 0 Å². The second-order valence-electron chi connectivity index (χ2n) is 3.83. The Morgan fingerprint density at radius 3 is 2.71 bits per heavy atom. The minimum atomic E-state index is -1.34. The average Bonchev–Trinajstić information content (AvgIpc) is 2.83. The molecule has 0 radical (unpaired) electrons. The molecule has 76 valence electrons. The summed E-state index contributed by atoms with van der Waals surface area (Å²) in [5.74, 6) is -1.18. The lowest BCUT2D eigenvalue weighted by Crippen LogP contribution is -2.34. The van der Waals surface area contributed by atoms with Crippen LogP contribution in [0.15, 0.2) is 6.07 Å². The van der Waals surface area contributed by atoms with Crippen molar-refractivity contribution in [3.8, 4) is 0 Å². The number of aliphatic hydroxyl groups is 1. The number of hydrogen-bond donors (Lipinski definition) is 3. The number of carboxylic acid groups (broad SMARTS) is 1. The van der Waals surface area contributed by atoms with E-state index in [0.717, 1.165) is 5.69 Å². The predicted molar refractivity (Wildman–Crippen MR) is 47.9 cm³/mol. The molecule has 1 atom stereocenters. The van der Waals surface area contributed by atoms with Gasteiger partial charge in [0.05, 0.1) is 11.1 Å². The highest BCUT2D eigenvalue weighted by Gasteiger charge is 2.55. The topological polar surface area (TPSA) is 86.2 Å². The highest BCUT2D eigenvalue weighted by molar-refractivity contribution is 5.75. The lowest BCUT2D eigenvalue weighted by molar-refractivity contribution is -0.148. The fraction of sp³-hybridized carbons (Fsp3) is 0.556. The van der Waals surface area contributed by atoms with Crippen molar-refractivity contribution in [2.45, 2.75) is 31.3 Å². The van der Waals surface area contributed by atoms with Crippen molar-refractivity contribution in [3.05, 3.63) is 17.5 Å². The van der Waals surface area contributed by atoms with Gasteiger partial charge in [0.2, 0.25) is 0 Å². The number of aliphatic carboxylic acids is 1. The van der Waals surface area contributed by atoms with Gasteiger partial charge in [-0.2, -0.15) is 5.10 Å². The van der Waals surface area contributed by atoms with E-state index >= 15 is 0 Å². The lowest BCUT2D eigenvalue weighted by atomic mass is 9.95. The summed E-state index contributed by atoms with van der Waals surface area (Å²) >= 11 is 0. The highest BCUT2D eigenvalue weighted by Crippen LogP contribution is 2.50. The molecule has 0 spiro atoms. The fourth-order valence-electron chi connectivity index (χ4n) is 1.71. The molecule has 1 heterocycles. The summed E-state index contributed by atoms with van der Waals surface area (Å²) < 4.78 is 0. The molecular weight excluding hydrogens is 184 g/mol. The Balaban J connectivity index is 2.29. The number of carbonyl (C=O) groups is 1. The van der Waals surface area contributed by atoms with E-state index in [9.17, 15) is 9.90 Å². The smallest absolute Gasteiger partial charge is 0.333 e. The highest BCUT2D eigenvalue weighted by atomic mass is 16.4. The summed E-state index contributed by atoms with van der Waals surface area (Å²) in [6, 6.07) is 1.79. The minimum absolute atomic E-state index is 0.642. The molecule has 5 nitrogen and oxygen atoms in total. The quantitative estimate of drug-likeness (QED) is 0.644. The van der Waals surface area contributed by atoms with Crippen LogP contribution in [-0.2, 0) is 10.2 Å². The number of aromatic amines is 1. The summed E-state index contributed by atoms with van der Waals surface area (Å²) in [4.78, 5) is 10.7. The van der Waals surface area contributed by atoms with Gasteiger partial charge in [0, 0.05) is 5.69 Å². The molecule has 0 saturated heterocycles. The Bertz CT molecular complexity index is 368. The monoisotopic (exact) mass is 196 g/mol. The van der Waals surface area contributed by atoms with Crippen molar-refractivity contribution < 1.29 is 15.0 Å². The van der Waals surface area contributed by atoms with E-state index in [1.54, 1.807) is 6.07 Å². The molecule has 0 aromatic carbocycles. The molecule has 1 saturated carbocycles. The summed E-state index contributed by atoms with van der Waals surface area (Å²) in [5.41, 5.74) is 0.894. The molecule has 1 aromatic heterocycles. The number of carboxylic acids is 1. The van der Waals surface area contributed by atoms with Gasteiger partial charge >= 0.3 is 5.97 Å². The normalized spacial score (nSPS) is 20.4. The second kappa shape index (κ2) is 2.81. The number of aliphatic hydroxyl groups excluding tert-OH is 1. The summed E-state index contributed by atoms with van der Waals surface area (Å²) in [6.07, 6.45) is 0.0281. The zero-order valence-corrected chi connectivity index (χ0v) is 7.82. The second-order valence-corrected chi connectivity index (χ2v) is 3.83. The first-order chi connectivity index (χ1) is 6.56. The van der Waals surface area contributed by atoms with Gasteiger partial charge < -0.3 is 10.2 Å². The van der Waals surface area contributed by atoms with Crippen LogP contribution in [0, 0.1) is 6.92 Å². The molecule has 0 bridgehead atoms. The van der Waals surface area contributed by atoms with Gasteiger partial charge in [0.25, 0.3) is 0 Å². The maximum absolute atomic E-state index is 10.7. The van der Waals surface area contributed by atoms with E-state index < -0.39 is 17.5 Å². The Kier molecular flexibility index (Phi) is 1.85. The summed E-state index contributed by atoms with van der Waals surface area (Å²) in [7, 11) is 0. The van der Waals surface area contributed by atoms with Crippen molar-refractivity contribution in [1.82, 2.24) is 10.2 Å². The Morgan fingerprint density at radius 2 is 2.36 bits per heavy atom. The maximum atomic E-state index is 10.7. The first kappa shape index (κ1) is 9.21. The van der Waals surface area contributed by atoms with Crippen LogP contribution in [0.1, 0.15) is 24.2 Å². The average molecular weight is 196 g/mol. The van der Waals surface area contributed by atoms with Crippen LogP contribution in [0.2, 0.25) is 0 Å². The molecule has 1 aromatic rings. The van der Waals surface area contributed by atoms with Gasteiger partial charge in [-0.05, 0) is 25.8 Å². The van der Waals surface area contributed by atoms with Gasteiger partial charge in [-0.3, -0.25) is 5.10 Å². The van der Waals surface area contributed by atoms with Crippen LogP contribution in [-0.4, -0.2) is 32.5 Å². The van der Waals surface area contributed by atoms with Gasteiger partial charge in [-0.25, -0.2) is 4.79 Å². The molecule has 1 aliphatic carbocycles. The lowest BCUT2D eigenvalue weighted by Gasteiger charge is -2.15. The first-order valence-corrected chi connectivity index (χ1v) is 4.49. The molecule has 1 fully saturated rings. The SMILES string of the molecule is Cc1cc(C2(C(O)C(=O)O)CC2)n[nH]1. The van der Waals surface area contributed by atoms with Crippen molar-refractivity contribution in [2.75, 3.05) is 0 Å². The third-order valence-corrected chi connectivity index (χ3v) is 2.76. The maximum Gasteiger partial charge on any atom is 0.333 e. The van der Waals surface area contributed by atoms with Crippen LogP contribution >= 0.6 is 0 Å². The van der Waals surface area contributed by atoms with E-state index in [4.69, 9.17) is 5.11 Å². The zero-order valence-electron chi connectivity index (χ0n) is 7.82. The standard InChI is InChI=1S/C9H12N2O3/c1-5-4-6(11-10-5)9(2-3-9)7(12)8(13)14/h4,7,12H,2-3H2,1H3,(H,10,11)(H,13,14). The van der Waals surface area contributed by atoms with Crippen molar-refractivity contribution in [2.24, 2.45) is 0 Å². The molecule has 5 heteroatoms. The number of H-pyrrole nitrogens is 1. The first-order valence-electron chi connectivity index (χ1n) is 4.49. The Hall–Kier alpha value is -1.36. The molecule has 3 N–H and O–H groups in total. The third-order valence-electron chi connectivity index (χ3n) is 2.76.